The number of phenolic OH excluding ortho intramolecular Hbond substituents is 1. The SMILES string of the molecule is Cc1cc(C(=O)Nc2ncc[nH]2)cc(C)c1O. The summed E-state index contributed by atoms with van der Waals surface area (Å²) in [6.45, 7) is 3.51. The average molecular weight is 231 g/mol. The molecule has 0 saturated heterocycles. The fraction of sp³-hybridized carbons (Fsp3) is 0.167. The number of anilines is 1. The van der Waals surface area contributed by atoms with Crippen molar-refractivity contribution < 1.29 is 9.90 Å². The molecule has 2 aromatic rings. The summed E-state index contributed by atoms with van der Waals surface area (Å²) in [5.74, 6) is 0.365. The molecule has 0 unspecified atom stereocenters. The minimum atomic E-state index is -0.258. The molecular weight excluding hydrogens is 218 g/mol. The van der Waals surface area contributed by atoms with Crippen LogP contribution in [0.4, 0.5) is 5.95 Å². The van der Waals surface area contributed by atoms with E-state index in [9.17, 15) is 9.90 Å². The summed E-state index contributed by atoms with van der Waals surface area (Å²) in [6, 6.07) is 3.28. The molecule has 1 heterocycles. The Labute approximate surface area is 98.5 Å². The highest BCUT2D eigenvalue weighted by atomic mass is 16.3. The maximum atomic E-state index is 11.9. The summed E-state index contributed by atoms with van der Waals surface area (Å²) in [7, 11) is 0. The van der Waals surface area contributed by atoms with Crippen LogP contribution in [0.1, 0.15) is 21.5 Å². The Morgan fingerprint density at radius 2 is 2.00 bits per heavy atom. The molecule has 0 fully saturated rings. The third-order valence-electron chi connectivity index (χ3n) is 2.48. The van der Waals surface area contributed by atoms with Gasteiger partial charge < -0.3 is 10.1 Å². The van der Waals surface area contributed by atoms with Gasteiger partial charge in [0.2, 0.25) is 5.95 Å². The smallest absolute Gasteiger partial charge is 0.257 e. The molecule has 0 spiro atoms. The van der Waals surface area contributed by atoms with E-state index in [0.29, 0.717) is 22.6 Å². The van der Waals surface area contributed by atoms with E-state index in [2.05, 4.69) is 15.3 Å². The Kier molecular flexibility index (Phi) is 2.82. The zero-order valence-corrected chi connectivity index (χ0v) is 9.61. The second-order valence-electron chi connectivity index (χ2n) is 3.85. The summed E-state index contributed by atoms with van der Waals surface area (Å²) < 4.78 is 0. The molecule has 0 saturated carbocycles. The van der Waals surface area contributed by atoms with E-state index in [1.807, 2.05) is 0 Å². The molecular formula is C12H13N3O2. The molecule has 0 aliphatic carbocycles. The quantitative estimate of drug-likeness (QED) is 0.739. The highest BCUT2D eigenvalue weighted by Gasteiger charge is 2.11. The fourth-order valence-corrected chi connectivity index (χ4v) is 1.60. The number of aromatic nitrogens is 2. The second kappa shape index (κ2) is 4.29. The van der Waals surface area contributed by atoms with Crippen LogP contribution in [0.15, 0.2) is 24.5 Å². The Hall–Kier alpha value is -2.30. The summed E-state index contributed by atoms with van der Waals surface area (Å²) in [5, 5.41) is 12.2. The molecule has 2 rings (SSSR count). The van der Waals surface area contributed by atoms with Crippen molar-refractivity contribution in [2.45, 2.75) is 13.8 Å². The second-order valence-corrected chi connectivity index (χ2v) is 3.85. The lowest BCUT2D eigenvalue weighted by Gasteiger charge is -2.07. The van der Waals surface area contributed by atoms with Crippen LogP contribution in [0.5, 0.6) is 5.75 Å². The molecule has 3 N–H and O–H groups in total. The van der Waals surface area contributed by atoms with Crippen molar-refractivity contribution in [3.63, 3.8) is 0 Å². The number of aromatic hydroxyl groups is 1. The monoisotopic (exact) mass is 231 g/mol. The van der Waals surface area contributed by atoms with Gasteiger partial charge in [-0.25, -0.2) is 4.98 Å². The first kappa shape index (κ1) is 11.2. The molecule has 0 radical (unpaired) electrons. The van der Waals surface area contributed by atoms with Crippen molar-refractivity contribution in [2.24, 2.45) is 0 Å². The van der Waals surface area contributed by atoms with Gasteiger partial charge in [0.1, 0.15) is 5.75 Å². The lowest BCUT2D eigenvalue weighted by Crippen LogP contribution is -2.13. The van der Waals surface area contributed by atoms with Gasteiger partial charge in [0, 0.05) is 18.0 Å². The number of amides is 1. The molecule has 5 nitrogen and oxygen atoms in total. The lowest BCUT2D eigenvalue weighted by molar-refractivity contribution is 0.102. The Bertz CT molecular complexity index is 524. The predicted octanol–water partition coefficient (Wildman–Crippen LogP) is 1.98. The third kappa shape index (κ3) is 2.28. The van der Waals surface area contributed by atoms with Crippen molar-refractivity contribution in [3.05, 3.63) is 41.2 Å². The van der Waals surface area contributed by atoms with Crippen LogP contribution in [-0.4, -0.2) is 21.0 Å². The van der Waals surface area contributed by atoms with Gasteiger partial charge in [0.25, 0.3) is 5.91 Å². The first-order valence-corrected chi connectivity index (χ1v) is 5.19. The van der Waals surface area contributed by atoms with Crippen molar-refractivity contribution in [3.8, 4) is 5.75 Å². The largest absolute Gasteiger partial charge is 0.507 e. The van der Waals surface area contributed by atoms with Crippen molar-refractivity contribution in [1.29, 1.82) is 0 Å². The van der Waals surface area contributed by atoms with Gasteiger partial charge in [-0.05, 0) is 37.1 Å². The van der Waals surface area contributed by atoms with Gasteiger partial charge in [0.05, 0.1) is 0 Å². The molecule has 0 aliphatic rings. The predicted molar refractivity (Wildman–Crippen MR) is 64.1 cm³/mol. The standard InChI is InChI=1S/C12H13N3O2/c1-7-5-9(6-8(2)10(7)16)11(17)15-12-13-3-4-14-12/h3-6,16H,1-2H3,(H2,13,14,15,17). The summed E-state index contributed by atoms with van der Waals surface area (Å²) >= 11 is 0. The molecule has 0 bridgehead atoms. The topological polar surface area (TPSA) is 78.0 Å². The Morgan fingerprint density at radius 3 is 2.53 bits per heavy atom. The first-order valence-electron chi connectivity index (χ1n) is 5.19. The van der Waals surface area contributed by atoms with Gasteiger partial charge in [-0.15, -0.1) is 0 Å². The highest BCUT2D eigenvalue weighted by molar-refractivity contribution is 6.03. The molecule has 88 valence electrons. The number of aryl methyl sites for hydroxylation is 2. The summed E-state index contributed by atoms with van der Waals surface area (Å²) in [6.07, 6.45) is 3.19. The van der Waals surface area contributed by atoms with Gasteiger partial charge in [0.15, 0.2) is 0 Å². The van der Waals surface area contributed by atoms with Crippen molar-refractivity contribution >= 4 is 11.9 Å². The molecule has 0 atom stereocenters. The normalized spacial score (nSPS) is 10.2. The van der Waals surface area contributed by atoms with E-state index in [4.69, 9.17) is 0 Å². The lowest BCUT2D eigenvalue weighted by atomic mass is 10.1. The molecule has 17 heavy (non-hydrogen) atoms. The molecule has 5 heteroatoms. The van der Waals surface area contributed by atoms with Crippen LogP contribution in [0.25, 0.3) is 0 Å². The van der Waals surface area contributed by atoms with Crippen LogP contribution >= 0.6 is 0 Å². The Balaban J connectivity index is 2.26. The average Bonchev–Trinajstić information content (AvgIpc) is 2.77. The van der Waals surface area contributed by atoms with Crippen molar-refractivity contribution in [1.82, 2.24) is 9.97 Å². The summed E-state index contributed by atoms with van der Waals surface area (Å²) in [4.78, 5) is 18.6. The number of nitrogens with one attached hydrogen (secondary N) is 2. The maximum absolute atomic E-state index is 11.9. The molecule has 1 aromatic carbocycles. The van der Waals surface area contributed by atoms with E-state index < -0.39 is 0 Å². The number of H-pyrrole nitrogens is 1. The number of phenols is 1. The van der Waals surface area contributed by atoms with Crippen LogP contribution in [0.3, 0.4) is 0 Å². The zero-order chi connectivity index (χ0) is 12.4. The van der Waals surface area contributed by atoms with E-state index in [1.54, 1.807) is 38.4 Å². The Morgan fingerprint density at radius 1 is 1.35 bits per heavy atom. The fourth-order valence-electron chi connectivity index (χ4n) is 1.60. The van der Waals surface area contributed by atoms with E-state index in [-0.39, 0.29) is 11.7 Å². The van der Waals surface area contributed by atoms with E-state index in [1.165, 1.54) is 0 Å². The number of carbonyl (C=O) groups excluding carboxylic acids is 1. The van der Waals surface area contributed by atoms with Crippen LogP contribution in [0, 0.1) is 13.8 Å². The number of imidazole rings is 1. The maximum Gasteiger partial charge on any atom is 0.257 e. The molecule has 0 aliphatic heterocycles. The number of rotatable bonds is 2. The minimum absolute atomic E-state index is 0.222. The number of benzene rings is 1. The van der Waals surface area contributed by atoms with E-state index >= 15 is 0 Å². The number of hydrogen-bond acceptors (Lipinski definition) is 3. The number of hydrogen-bond donors (Lipinski definition) is 3. The minimum Gasteiger partial charge on any atom is -0.507 e. The zero-order valence-electron chi connectivity index (χ0n) is 9.61. The van der Waals surface area contributed by atoms with Gasteiger partial charge >= 0.3 is 0 Å². The van der Waals surface area contributed by atoms with Crippen LogP contribution in [-0.2, 0) is 0 Å². The number of carbonyl (C=O) groups is 1. The number of aromatic amines is 1. The first-order chi connectivity index (χ1) is 8.08. The van der Waals surface area contributed by atoms with E-state index in [0.717, 1.165) is 0 Å². The van der Waals surface area contributed by atoms with Crippen molar-refractivity contribution in [2.75, 3.05) is 5.32 Å². The molecule has 1 aromatic heterocycles. The number of nitrogens with zero attached hydrogens (tertiary/aromatic N) is 1. The third-order valence-corrected chi connectivity index (χ3v) is 2.48. The highest BCUT2D eigenvalue weighted by Crippen LogP contribution is 2.23. The van der Waals surface area contributed by atoms with Gasteiger partial charge in [-0.2, -0.15) is 0 Å². The molecule has 1 amide bonds. The van der Waals surface area contributed by atoms with Crippen LogP contribution in [0.2, 0.25) is 0 Å². The summed E-state index contributed by atoms with van der Waals surface area (Å²) in [5.41, 5.74) is 1.85. The van der Waals surface area contributed by atoms with Crippen LogP contribution < -0.4 is 5.32 Å². The van der Waals surface area contributed by atoms with Gasteiger partial charge in [-0.3, -0.25) is 10.1 Å². The van der Waals surface area contributed by atoms with Gasteiger partial charge in [-0.1, -0.05) is 0 Å².